The molecule has 1 aromatic carbocycles. The van der Waals surface area contributed by atoms with Crippen LogP contribution in [0.4, 0.5) is 11.5 Å². The second-order valence-corrected chi connectivity index (χ2v) is 4.66. The highest BCUT2D eigenvalue weighted by atomic mass is 35.5. The Balaban J connectivity index is 2.12. The lowest BCUT2D eigenvalue weighted by Gasteiger charge is -2.09. The lowest BCUT2D eigenvalue weighted by molar-refractivity contribution is 0.929. The third kappa shape index (κ3) is 3.47. The molecule has 0 saturated heterocycles. The molecule has 2 nitrogen and oxygen atoms in total. The molecule has 0 fully saturated rings. The maximum Gasteiger partial charge on any atom is 0.133 e. The summed E-state index contributed by atoms with van der Waals surface area (Å²) in [5.74, 6) is 1.61. The molecule has 0 atom stereocenters. The van der Waals surface area contributed by atoms with Crippen LogP contribution in [0.3, 0.4) is 0 Å². The summed E-state index contributed by atoms with van der Waals surface area (Å²) in [6, 6.07) is 12.4. The standard InChI is InChI=1S/C15H17ClN2/c1-12-5-4-10-17-15(12)18-14-8-2-6-13(11-14)7-3-9-16/h2,4-6,8,10-11H,3,7,9H2,1H3,(H,17,18). The molecule has 0 unspecified atom stereocenters. The molecule has 2 aromatic rings. The maximum atomic E-state index is 5.72. The molecule has 0 amide bonds. The molecule has 3 heteroatoms. The largest absolute Gasteiger partial charge is 0.340 e. The van der Waals surface area contributed by atoms with E-state index >= 15 is 0 Å². The maximum absolute atomic E-state index is 5.72. The average Bonchev–Trinajstić information content (AvgIpc) is 2.40. The molecule has 0 bridgehead atoms. The van der Waals surface area contributed by atoms with Crippen molar-refractivity contribution in [3.05, 3.63) is 53.7 Å². The summed E-state index contributed by atoms with van der Waals surface area (Å²) < 4.78 is 0. The molecule has 18 heavy (non-hydrogen) atoms. The average molecular weight is 261 g/mol. The Morgan fingerprint density at radius 2 is 2.11 bits per heavy atom. The van der Waals surface area contributed by atoms with Gasteiger partial charge in [-0.2, -0.15) is 0 Å². The number of rotatable bonds is 5. The molecule has 0 saturated carbocycles. The van der Waals surface area contributed by atoms with Crippen LogP contribution in [0.5, 0.6) is 0 Å². The summed E-state index contributed by atoms with van der Waals surface area (Å²) in [6.07, 6.45) is 3.82. The summed E-state index contributed by atoms with van der Waals surface area (Å²) in [6.45, 7) is 2.05. The van der Waals surface area contributed by atoms with Crippen molar-refractivity contribution in [3.63, 3.8) is 0 Å². The van der Waals surface area contributed by atoms with Crippen LogP contribution in [0, 0.1) is 6.92 Å². The van der Waals surface area contributed by atoms with Crippen LogP contribution in [0.1, 0.15) is 17.5 Å². The SMILES string of the molecule is Cc1cccnc1Nc1cccc(CCCCl)c1. The number of hydrogen-bond acceptors (Lipinski definition) is 2. The van der Waals surface area contributed by atoms with Gasteiger partial charge in [-0.3, -0.25) is 0 Å². The first-order chi connectivity index (χ1) is 8.79. The normalized spacial score (nSPS) is 10.3. The molecule has 2 rings (SSSR count). The van der Waals surface area contributed by atoms with Crippen molar-refractivity contribution in [2.24, 2.45) is 0 Å². The smallest absolute Gasteiger partial charge is 0.133 e. The van der Waals surface area contributed by atoms with Crippen molar-refractivity contribution < 1.29 is 0 Å². The minimum absolute atomic E-state index is 0.705. The quantitative estimate of drug-likeness (QED) is 0.811. The monoisotopic (exact) mass is 260 g/mol. The summed E-state index contributed by atoms with van der Waals surface area (Å²) in [5.41, 5.74) is 3.52. The van der Waals surface area contributed by atoms with Gasteiger partial charge in [0.05, 0.1) is 0 Å². The first-order valence-corrected chi connectivity index (χ1v) is 6.66. The molecule has 0 aliphatic heterocycles. The van der Waals surface area contributed by atoms with Gasteiger partial charge in [-0.15, -0.1) is 11.6 Å². The summed E-state index contributed by atoms with van der Waals surface area (Å²) in [4.78, 5) is 4.33. The molecule has 1 aromatic heterocycles. The topological polar surface area (TPSA) is 24.9 Å². The van der Waals surface area contributed by atoms with Gasteiger partial charge < -0.3 is 5.32 Å². The predicted molar refractivity (Wildman–Crippen MR) is 77.7 cm³/mol. The number of alkyl halides is 1. The number of nitrogens with zero attached hydrogens (tertiary/aromatic N) is 1. The number of benzene rings is 1. The Bertz CT molecular complexity index is 511. The van der Waals surface area contributed by atoms with Crippen molar-refractivity contribution >= 4 is 23.1 Å². The van der Waals surface area contributed by atoms with Crippen LogP contribution in [0.15, 0.2) is 42.6 Å². The van der Waals surface area contributed by atoms with E-state index < -0.39 is 0 Å². The minimum atomic E-state index is 0.705. The molecule has 0 aliphatic carbocycles. The van der Waals surface area contributed by atoms with Gasteiger partial charge in [0, 0.05) is 17.8 Å². The van der Waals surface area contributed by atoms with Gasteiger partial charge >= 0.3 is 0 Å². The number of hydrogen-bond donors (Lipinski definition) is 1. The molecule has 1 N–H and O–H groups in total. The van der Waals surface area contributed by atoms with Crippen molar-refractivity contribution in [1.29, 1.82) is 0 Å². The van der Waals surface area contributed by atoms with Gasteiger partial charge in [0.1, 0.15) is 5.82 Å². The van der Waals surface area contributed by atoms with E-state index in [1.54, 1.807) is 6.20 Å². The Hall–Kier alpha value is -1.54. The lowest BCUT2D eigenvalue weighted by atomic mass is 10.1. The summed E-state index contributed by atoms with van der Waals surface area (Å²) in [5, 5.41) is 3.34. The lowest BCUT2D eigenvalue weighted by Crippen LogP contribution is -1.96. The van der Waals surface area contributed by atoms with Crippen molar-refractivity contribution in [2.75, 3.05) is 11.2 Å². The highest BCUT2D eigenvalue weighted by molar-refractivity contribution is 6.17. The zero-order valence-corrected chi connectivity index (χ0v) is 11.2. The summed E-state index contributed by atoms with van der Waals surface area (Å²) >= 11 is 5.72. The van der Waals surface area contributed by atoms with Crippen LogP contribution in [-0.2, 0) is 6.42 Å². The van der Waals surface area contributed by atoms with Gasteiger partial charge in [0.2, 0.25) is 0 Å². The number of halogens is 1. The highest BCUT2D eigenvalue weighted by Crippen LogP contribution is 2.19. The fourth-order valence-electron chi connectivity index (χ4n) is 1.83. The van der Waals surface area contributed by atoms with Crippen molar-refractivity contribution in [2.45, 2.75) is 19.8 Å². The second-order valence-electron chi connectivity index (χ2n) is 4.29. The van der Waals surface area contributed by atoms with Gasteiger partial charge in [0.15, 0.2) is 0 Å². The van der Waals surface area contributed by atoms with Crippen molar-refractivity contribution in [3.8, 4) is 0 Å². The minimum Gasteiger partial charge on any atom is -0.340 e. The Kier molecular flexibility index (Phi) is 4.59. The van der Waals surface area contributed by atoms with Crippen LogP contribution in [0.2, 0.25) is 0 Å². The molecule has 0 aliphatic rings. The third-order valence-electron chi connectivity index (χ3n) is 2.80. The Morgan fingerprint density at radius 1 is 1.22 bits per heavy atom. The van der Waals surface area contributed by atoms with E-state index in [1.165, 1.54) is 5.56 Å². The predicted octanol–water partition coefficient (Wildman–Crippen LogP) is 4.31. The zero-order chi connectivity index (χ0) is 12.8. The van der Waals surface area contributed by atoms with E-state index in [4.69, 9.17) is 11.6 Å². The molecular formula is C15H17ClN2. The highest BCUT2D eigenvalue weighted by Gasteiger charge is 2.00. The third-order valence-corrected chi connectivity index (χ3v) is 3.07. The van der Waals surface area contributed by atoms with Gasteiger partial charge in [-0.05, 0) is 49.1 Å². The Labute approximate surface area is 113 Å². The summed E-state index contributed by atoms with van der Waals surface area (Å²) in [7, 11) is 0. The Morgan fingerprint density at radius 3 is 2.89 bits per heavy atom. The first-order valence-electron chi connectivity index (χ1n) is 6.13. The fraction of sp³-hybridized carbons (Fsp3) is 0.267. The van der Waals surface area contributed by atoms with Gasteiger partial charge in [0.25, 0.3) is 0 Å². The number of aromatic nitrogens is 1. The molecule has 94 valence electrons. The zero-order valence-electron chi connectivity index (χ0n) is 10.5. The number of aryl methyl sites for hydroxylation is 2. The molecule has 0 spiro atoms. The molecular weight excluding hydrogens is 244 g/mol. The fourth-order valence-corrected chi connectivity index (χ4v) is 1.96. The molecule has 1 heterocycles. The number of pyridine rings is 1. The van der Waals surface area contributed by atoms with E-state index in [9.17, 15) is 0 Å². The number of nitrogens with one attached hydrogen (secondary N) is 1. The molecule has 0 radical (unpaired) electrons. The van der Waals surface area contributed by atoms with Crippen molar-refractivity contribution in [1.82, 2.24) is 4.98 Å². The first kappa shape index (κ1) is 12.9. The number of anilines is 2. The van der Waals surface area contributed by atoms with Crippen LogP contribution >= 0.6 is 11.6 Å². The van der Waals surface area contributed by atoms with E-state index in [0.717, 1.165) is 29.9 Å². The van der Waals surface area contributed by atoms with E-state index in [-0.39, 0.29) is 0 Å². The van der Waals surface area contributed by atoms with Crippen LogP contribution in [0.25, 0.3) is 0 Å². The van der Waals surface area contributed by atoms with E-state index in [0.29, 0.717) is 5.88 Å². The van der Waals surface area contributed by atoms with Crippen LogP contribution in [-0.4, -0.2) is 10.9 Å². The van der Waals surface area contributed by atoms with E-state index in [1.807, 2.05) is 19.1 Å². The van der Waals surface area contributed by atoms with E-state index in [2.05, 4.69) is 34.6 Å². The second kappa shape index (κ2) is 6.41. The van der Waals surface area contributed by atoms with Gasteiger partial charge in [-0.1, -0.05) is 18.2 Å². The van der Waals surface area contributed by atoms with Gasteiger partial charge in [-0.25, -0.2) is 4.98 Å². The van der Waals surface area contributed by atoms with Crippen LogP contribution < -0.4 is 5.32 Å².